The van der Waals surface area contributed by atoms with E-state index < -0.39 is 0 Å². The molecule has 1 amide bonds. The van der Waals surface area contributed by atoms with Crippen molar-refractivity contribution in [2.24, 2.45) is 0 Å². The summed E-state index contributed by atoms with van der Waals surface area (Å²) in [5.74, 6) is 1.06. The molecule has 2 aromatic carbocycles. The fourth-order valence-corrected chi connectivity index (χ4v) is 1.89. The number of thiol groups is 1. The maximum absolute atomic E-state index is 12.0. The summed E-state index contributed by atoms with van der Waals surface area (Å²) in [7, 11) is 0. The number of carbonyl (C=O) groups excluding carboxylic acids is 1. The normalized spacial score (nSPS) is 10.1. The van der Waals surface area contributed by atoms with Gasteiger partial charge in [0.1, 0.15) is 12.4 Å². The molecule has 0 aliphatic carbocycles. The molecule has 20 heavy (non-hydrogen) atoms. The predicted molar refractivity (Wildman–Crippen MR) is 83.4 cm³/mol. The molecule has 0 heterocycles. The summed E-state index contributed by atoms with van der Waals surface area (Å²) in [6.07, 6.45) is 0. The summed E-state index contributed by atoms with van der Waals surface area (Å²) in [5, 5.41) is 2.79. The number of amides is 1. The van der Waals surface area contributed by atoms with Crippen molar-refractivity contribution >= 4 is 18.5 Å². The molecule has 2 rings (SSSR count). The fourth-order valence-electron chi connectivity index (χ4n) is 1.78. The SMILES string of the molecule is O=C(NCCS)c1ccccc1OCc1ccccc1. The second-order valence-electron chi connectivity index (χ2n) is 4.25. The van der Waals surface area contributed by atoms with E-state index in [0.717, 1.165) is 5.56 Å². The first-order valence-electron chi connectivity index (χ1n) is 6.46. The third kappa shape index (κ3) is 4.03. The van der Waals surface area contributed by atoms with Gasteiger partial charge in [-0.3, -0.25) is 4.79 Å². The number of hydrogen-bond acceptors (Lipinski definition) is 3. The van der Waals surface area contributed by atoms with Gasteiger partial charge in [0.05, 0.1) is 5.56 Å². The Labute approximate surface area is 124 Å². The lowest BCUT2D eigenvalue weighted by Gasteiger charge is -2.11. The Morgan fingerprint density at radius 1 is 1.05 bits per heavy atom. The van der Waals surface area contributed by atoms with Gasteiger partial charge in [-0.2, -0.15) is 12.6 Å². The smallest absolute Gasteiger partial charge is 0.255 e. The molecule has 0 radical (unpaired) electrons. The number of rotatable bonds is 6. The highest BCUT2D eigenvalue weighted by Crippen LogP contribution is 2.19. The summed E-state index contributed by atoms with van der Waals surface area (Å²) in [6, 6.07) is 17.1. The van der Waals surface area contributed by atoms with Gasteiger partial charge in [0.25, 0.3) is 5.91 Å². The monoisotopic (exact) mass is 287 g/mol. The number of para-hydroxylation sites is 1. The maximum atomic E-state index is 12.0. The number of carbonyl (C=O) groups is 1. The van der Waals surface area contributed by atoms with E-state index in [2.05, 4.69) is 17.9 Å². The van der Waals surface area contributed by atoms with Crippen molar-refractivity contribution in [2.45, 2.75) is 6.61 Å². The van der Waals surface area contributed by atoms with Gasteiger partial charge < -0.3 is 10.1 Å². The topological polar surface area (TPSA) is 38.3 Å². The summed E-state index contributed by atoms with van der Waals surface area (Å²) in [6.45, 7) is 0.979. The summed E-state index contributed by atoms with van der Waals surface area (Å²) in [4.78, 5) is 12.0. The van der Waals surface area contributed by atoms with Crippen LogP contribution in [0.5, 0.6) is 5.75 Å². The van der Waals surface area contributed by atoms with Crippen LogP contribution in [0.15, 0.2) is 54.6 Å². The van der Waals surface area contributed by atoms with Gasteiger partial charge in [0.2, 0.25) is 0 Å². The van der Waals surface area contributed by atoms with Crippen molar-refractivity contribution in [3.63, 3.8) is 0 Å². The van der Waals surface area contributed by atoms with E-state index in [9.17, 15) is 4.79 Å². The molecule has 3 nitrogen and oxygen atoms in total. The number of ether oxygens (including phenoxy) is 1. The van der Waals surface area contributed by atoms with Crippen molar-refractivity contribution in [1.82, 2.24) is 5.32 Å². The van der Waals surface area contributed by atoms with E-state index in [0.29, 0.717) is 30.2 Å². The van der Waals surface area contributed by atoms with E-state index >= 15 is 0 Å². The summed E-state index contributed by atoms with van der Waals surface area (Å²) < 4.78 is 5.74. The van der Waals surface area contributed by atoms with Crippen LogP contribution >= 0.6 is 12.6 Å². The van der Waals surface area contributed by atoms with Crippen LogP contribution < -0.4 is 10.1 Å². The largest absolute Gasteiger partial charge is 0.488 e. The minimum atomic E-state index is -0.136. The Hall–Kier alpha value is -1.94. The van der Waals surface area contributed by atoms with Crippen LogP contribution in [0.3, 0.4) is 0 Å². The van der Waals surface area contributed by atoms with E-state index in [1.807, 2.05) is 42.5 Å². The average molecular weight is 287 g/mol. The third-order valence-corrected chi connectivity index (χ3v) is 2.99. The lowest BCUT2D eigenvalue weighted by molar-refractivity contribution is 0.0951. The molecule has 0 aliphatic heterocycles. The second-order valence-corrected chi connectivity index (χ2v) is 4.70. The molecular formula is C16H17NO2S. The average Bonchev–Trinajstić information content (AvgIpc) is 2.52. The van der Waals surface area contributed by atoms with Crippen molar-refractivity contribution in [3.8, 4) is 5.75 Å². The zero-order valence-corrected chi connectivity index (χ0v) is 12.0. The minimum absolute atomic E-state index is 0.136. The third-order valence-electron chi connectivity index (χ3n) is 2.77. The summed E-state index contributed by atoms with van der Waals surface area (Å²) >= 11 is 4.08. The number of nitrogens with one attached hydrogen (secondary N) is 1. The molecule has 2 aromatic rings. The zero-order valence-electron chi connectivity index (χ0n) is 11.1. The zero-order chi connectivity index (χ0) is 14.2. The molecule has 0 bridgehead atoms. The molecule has 104 valence electrons. The van der Waals surface area contributed by atoms with E-state index in [-0.39, 0.29) is 5.91 Å². The van der Waals surface area contributed by atoms with Gasteiger partial charge in [-0.1, -0.05) is 42.5 Å². The molecule has 1 N–H and O–H groups in total. The van der Waals surface area contributed by atoms with Crippen LogP contribution in [-0.4, -0.2) is 18.2 Å². The molecule has 0 aromatic heterocycles. The highest BCUT2D eigenvalue weighted by Gasteiger charge is 2.11. The molecule has 4 heteroatoms. The Kier molecular flexibility index (Phi) is 5.50. The quantitative estimate of drug-likeness (QED) is 0.802. The Morgan fingerprint density at radius 3 is 2.50 bits per heavy atom. The van der Waals surface area contributed by atoms with Gasteiger partial charge in [0.15, 0.2) is 0 Å². The molecule has 0 unspecified atom stereocenters. The van der Waals surface area contributed by atoms with Gasteiger partial charge >= 0.3 is 0 Å². The molecule has 0 fully saturated rings. The first-order chi connectivity index (χ1) is 9.81. The van der Waals surface area contributed by atoms with Crippen LogP contribution in [0.25, 0.3) is 0 Å². The van der Waals surface area contributed by atoms with E-state index in [1.165, 1.54) is 0 Å². The molecular weight excluding hydrogens is 270 g/mol. The highest BCUT2D eigenvalue weighted by molar-refractivity contribution is 7.80. The van der Waals surface area contributed by atoms with Gasteiger partial charge in [-0.25, -0.2) is 0 Å². The summed E-state index contributed by atoms with van der Waals surface area (Å²) in [5.41, 5.74) is 1.61. The standard InChI is InChI=1S/C16H17NO2S/c18-16(17-10-11-20)14-8-4-5-9-15(14)19-12-13-6-2-1-3-7-13/h1-9,20H,10-12H2,(H,17,18). The van der Waals surface area contributed by atoms with E-state index in [1.54, 1.807) is 12.1 Å². The van der Waals surface area contributed by atoms with Crippen LogP contribution in [0.2, 0.25) is 0 Å². The van der Waals surface area contributed by atoms with Crippen molar-refractivity contribution < 1.29 is 9.53 Å². The first kappa shape index (κ1) is 14.5. The Bertz CT molecular complexity index is 557. The van der Waals surface area contributed by atoms with Crippen LogP contribution in [0.4, 0.5) is 0 Å². The predicted octanol–water partition coefficient (Wildman–Crippen LogP) is 2.93. The highest BCUT2D eigenvalue weighted by atomic mass is 32.1. The molecule has 0 atom stereocenters. The lowest BCUT2D eigenvalue weighted by Crippen LogP contribution is -2.25. The van der Waals surface area contributed by atoms with Crippen LogP contribution in [0, 0.1) is 0 Å². The molecule has 0 spiro atoms. The molecule has 0 saturated heterocycles. The van der Waals surface area contributed by atoms with Gasteiger partial charge in [-0.05, 0) is 17.7 Å². The van der Waals surface area contributed by atoms with Crippen molar-refractivity contribution in [3.05, 3.63) is 65.7 Å². The van der Waals surface area contributed by atoms with Crippen molar-refractivity contribution in [1.29, 1.82) is 0 Å². The Balaban J connectivity index is 2.06. The number of hydrogen-bond donors (Lipinski definition) is 2. The minimum Gasteiger partial charge on any atom is -0.488 e. The molecule has 0 aliphatic rings. The van der Waals surface area contributed by atoms with Crippen molar-refractivity contribution in [2.75, 3.05) is 12.3 Å². The van der Waals surface area contributed by atoms with Crippen LogP contribution in [0.1, 0.15) is 15.9 Å². The first-order valence-corrected chi connectivity index (χ1v) is 7.09. The van der Waals surface area contributed by atoms with Gasteiger partial charge in [-0.15, -0.1) is 0 Å². The maximum Gasteiger partial charge on any atom is 0.255 e. The lowest BCUT2D eigenvalue weighted by atomic mass is 10.2. The second kappa shape index (κ2) is 7.60. The van der Waals surface area contributed by atoms with Crippen LogP contribution in [-0.2, 0) is 6.61 Å². The van der Waals surface area contributed by atoms with E-state index in [4.69, 9.17) is 4.74 Å². The Morgan fingerprint density at radius 2 is 1.75 bits per heavy atom. The molecule has 0 saturated carbocycles. The van der Waals surface area contributed by atoms with Gasteiger partial charge in [0, 0.05) is 12.3 Å². The number of benzene rings is 2. The fraction of sp³-hybridized carbons (Fsp3) is 0.188.